The third kappa shape index (κ3) is 5.03. The van der Waals surface area contributed by atoms with Crippen molar-refractivity contribution in [1.29, 1.82) is 0 Å². The molecule has 2 saturated heterocycles. The second-order valence-electron chi connectivity index (χ2n) is 6.73. The molecule has 2 aliphatic heterocycles. The van der Waals surface area contributed by atoms with E-state index in [9.17, 15) is 9.59 Å². The largest absolute Gasteiger partial charge is 0.378 e. The van der Waals surface area contributed by atoms with E-state index in [0.29, 0.717) is 49.9 Å². The van der Waals surface area contributed by atoms with Gasteiger partial charge in [-0.1, -0.05) is 12.1 Å². The standard InChI is InChI=1S/C19H27N3O3/c23-18(6-5-15-7-9-20-10-8-15)21-17-4-2-1-3-16(17)19(24)22-11-13-25-14-12-22/h1-4,15,20H,5-14H2,(H,21,23). The van der Waals surface area contributed by atoms with Crippen LogP contribution in [-0.2, 0) is 9.53 Å². The van der Waals surface area contributed by atoms with Crippen molar-refractivity contribution < 1.29 is 14.3 Å². The summed E-state index contributed by atoms with van der Waals surface area (Å²) in [6.45, 7) is 4.41. The molecule has 3 rings (SSSR count). The van der Waals surface area contributed by atoms with E-state index in [1.54, 1.807) is 17.0 Å². The molecular weight excluding hydrogens is 318 g/mol. The van der Waals surface area contributed by atoms with E-state index in [-0.39, 0.29) is 11.8 Å². The summed E-state index contributed by atoms with van der Waals surface area (Å²) in [5.74, 6) is 0.565. The highest BCUT2D eigenvalue weighted by molar-refractivity contribution is 6.03. The van der Waals surface area contributed by atoms with Gasteiger partial charge in [0.1, 0.15) is 0 Å². The molecule has 136 valence electrons. The highest BCUT2D eigenvalue weighted by Gasteiger charge is 2.22. The Morgan fingerprint density at radius 1 is 1.16 bits per heavy atom. The molecule has 2 heterocycles. The number of ether oxygens (including phenoxy) is 1. The van der Waals surface area contributed by atoms with Crippen LogP contribution in [0.3, 0.4) is 0 Å². The van der Waals surface area contributed by atoms with Crippen LogP contribution < -0.4 is 10.6 Å². The van der Waals surface area contributed by atoms with Crippen molar-refractivity contribution in [2.75, 3.05) is 44.7 Å². The maximum Gasteiger partial charge on any atom is 0.256 e. The predicted molar refractivity (Wildman–Crippen MR) is 96.6 cm³/mol. The number of para-hydroxylation sites is 1. The number of anilines is 1. The van der Waals surface area contributed by atoms with Crippen LogP contribution in [0.15, 0.2) is 24.3 Å². The van der Waals surface area contributed by atoms with Gasteiger partial charge in [0.15, 0.2) is 0 Å². The fourth-order valence-corrected chi connectivity index (χ4v) is 3.43. The predicted octanol–water partition coefficient (Wildman–Crippen LogP) is 1.88. The molecule has 1 aromatic carbocycles. The molecule has 0 radical (unpaired) electrons. The molecule has 25 heavy (non-hydrogen) atoms. The van der Waals surface area contributed by atoms with Gasteiger partial charge in [-0.3, -0.25) is 9.59 Å². The van der Waals surface area contributed by atoms with Crippen molar-refractivity contribution in [3.05, 3.63) is 29.8 Å². The van der Waals surface area contributed by atoms with Crippen LogP contribution in [0.4, 0.5) is 5.69 Å². The molecule has 0 unspecified atom stereocenters. The number of amides is 2. The second-order valence-corrected chi connectivity index (χ2v) is 6.73. The fourth-order valence-electron chi connectivity index (χ4n) is 3.43. The molecule has 0 bridgehead atoms. The minimum absolute atomic E-state index is 0.0132. The van der Waals surface area contributed by atoms with Crippen molar-refractivity contribution in [2.45, 2.75) is 25.7 Å². The molecule has 0 aliphatic carbocycles. The molecule has 6 heteroatoms. The Balaban J connectivity index is 1.58. The molecule has 2 amide bonds. The summed E-state index contributed by atoms with van der Waals surface area (Å²) in [7, 11) is 0. The Kier molecular flexibility index (Phi) is 6.42. The lowest BCUT2D eigenvalue weighted by Crippen LogP contribution is -2.41. The molecular formula is C19H27N3O3. The lowest BCUT2D eigenvalue weighted by atomic mass is 9.93. The van der Waals surface area contributed by atoms with Crippen molar-refractivity contribution in [3.63, 3.8) is 0 Å². The minimum atomic E-state index is -0.0439. The summed E-state index contributed by atoms with van der Waals surface area (Å²) in [6, 6.07) is 7.26. The molecule has 0 saturated carbocycles. The Morgan fingerprint density at radius 2 is 1.88 bits per heavy atom. The molecule has 0 aromatic heterocycles. The first-order valence-electron chi connectivity index (χ1n) is 9.20. The number of nitrogens with one attached hydrogen (secondary N) is 2. The van der Waals surface area contributed by atoms with Gasteiger partial charge < -0.3 is 20.3 Å². The number of rotatable bonds is 5. The number of piperidine rings is 1. The number of hydrogen-bond acceptors (Lipinski definition) is 4. The average molecular weight is 345 g/mol. The summed E-state index contributed by atoms with van der Waals surface area (Å²) >= 11 is 0. The Labute approximate surface area is 148 Å². The van der Waals surface area contributed by atoms with E-state index in [1.165, 1.54) is 0 Å². The van der Waals surface area contributed by atoms with Gasteiger partial charge in [0.25, 0.3) is 5.91 Å². The Bertz CT molecular complexity index is 593. The lowest BCUT2D eigenvalue weighted by molar-refractivity contribution is -0.116. The minimum Gasteiger partial charge on any atom is -0.378 e. The van der Waals surface area contributed by atoms with Gasteiger partial charge in [-0.15, -0.1) is 0 Å². The molecule has 2 aliphatic rings. The van der Waals surface area contributed by atoms with E-state index < -0.39 is 0 Å². The molecule has 2 N–H and O–H groups in total. The fraction of sp³-hybridized carbons (Fsp3) is 0.579. The van der Waals surface area contributed by atoms with Gasteiger partial charge in [-0.25, -0.2) is 0 Å². The van der Waals surface area contributed by atoms with Gasteiger partial charge in [0, 0.05) is 19.5 Å². The Hall–Kier alpha value is -1.92. The molecule has 6 nitrogen and oxygen atoms in total. The first-order valence-corrected chi connectivity index (χ1v) is 9.20. The maximum absolute atomic E-state index is 12.7. The van der Waals surface area contributed by atoms with Crippen LogP contribution >= 0.6 is 0 Å². The lowest BCUT2D eigenvalue weighted by Gasteiger charge is -2.27. The third-order valence-electron chi connectivity index (χ3n) is 4.97. The van der Waals surface area contributed by atoms with E-state index in [4.69, 9.17) is 4.74 Å². The van der Waals surface area contributed by atoms with Gasteiger partial charge in [-0.2, -0.15) is 0 Å². The highest BCUT2D eigenvalue weighted by Crippen LogP contribution is 2.21. The van der Waals surface area contributed by atoms with Crippen LogP contribution in [0.25, 0.3) is 0 Å². The van der Waals surface area contributed by atoms with Crippen LogP contribution in [0.5, 0.6) is 0 Å². The topological polar surface area (TPSA) is 70.7 Å². The van der Waals surface area contributed by atoms with Gasteiger partial charge >= 0.3 is 0 Å². The first kappa shape index (κ1) is 17.9. The molecule has 0 atom stereocenters. The smallest absolute Gasteiger partial charge is 0.256 e. The zero-order valence-corrected chi connectivity index (χ0v) is 14.6. The van der Waals surface area contributed by atoms with E-state index in [2.05, 4.69) is 10.6 Å². The number of hydrogen-bond donors (Lipinski definition) is 2. The summed E-state index contributed by atoms with van der Waals surface area (Å²) < 4.78 is 5.30. The highest BCUT2D eigenvalue weighted by atomic mass is 16.5. The number of carbonyl (C=O) groups excluding carboxylic acids is 2. The van der Waals surface area contributed by atoms with Crippen molar-refractivity contribution in [1.82, 2.24) is 10.2 Å². The van der Waals surface area contributed by atoms with Crippen molar-refractivity contribution in [2.24, 2.45) is 5.92 Å². The zero-order chi connectivity index (χ0) is 17.5. The quantitative estimate of drug-likeness (QED) is 0.855. The van der Waals surface area contributed by atoms with Gasteiger partial charge in [0.2, 0.25) is 5.91 Å². The van der Waals surface area contributed by atoms with Crippen molar-refractivity contribution in [3.8, 4) is 0 Å². The second kappa shape index (κ2) is 8.97. The van der Waals surface area contributed by atoms with Crippen molar-refractivity contribution >= 4 is 17.5 Å². The Morgan fingerprint density at radius 3 is 2.64 bits per heavy atom. The van der Waals surface area contributed by atoms with E-state index in [0.717, 1.165) is 32.4 Å². The molecule has 1 aromatic rings. The summed E-state index contributed by atoms with van der Waals surface area (Å²) in [4.78, 5) is 26.8. The number of carbonyl (C=O) groups is 2. The summed E-state index contributed by atoms with van der Waals surface area (Å²) in [5, 5.41) is 6.28. The van der Waals surface area contributed by atoms with E-state index >= 15 is 0 Å². The zero-order valence-electron chi connectivity index (χ0n) is 14.6. The summed E-state index contributed by atoms with van der Waals surface area (Å²) in [5.41, 5.74) is 1.16. The van der Waals surface area contributed by atoms with Crippen LogP contribution in [-0.4, -0.2) is 56.1 Å². The average Bonchev–Trinajstić information content (AvgIpc) is 2.68. The van der Waals surface area contributed by atoms with Crippen LogP contribution in [0.2, 0.25) is 0 Å². The van der Waals surface area contributed by atoms with Crippen LogP contribution in [0, 0.1) is 5.92 Å². The first-order chi connectivity index (χ1) is 12.2. The number of benzene rings is 1. The SMILES string of the molecule is O=C(CCC1CCNCC1)Nc1ccccc1C(=O)N1CCOCC1. The van der Waals surface area contributed by atoms with E-state index in [1.807, 2.05) is 12.1 Å². The number of morpholine rings is 1. The molecule has 2 fully saturated rings. The van der Waals surface area contributed by atoms with Crippen LogP contribution in [0.1, 0.15) is 36.0 Å². The third-order valence-corrected chi connectivity index (χ3v) is 4.97. The normalized spacial score (nSPS) is 18.8. The molecule has 0 spiro atoms. The summed E-state index contributed by atoms with van der Waals surface area (Å²) in [6.07, 6.45) is 3.69. The number of nitrogens with zero attached hydrogens (tertiary/aromatic N) is 1. The maximum atomic E-state index is 12.7. The van der Waals surface area contributed by atoms with Gasteiger partial charge in [-0.05, 0) is 50.4 Å². The monoisotopic (exact) mass is 345 g/mol. The van der Waals surface area contributed by atoms with Gasteiger partial charge in [0.05, 0.1) is 24.5 Å².